The predicted octanol–water partition coefficient (Wildman–Crippen LogP) is 1.55. The van der Waals surface area contributed by atoms with Gasteiger partial charge in [-0.2, -0.15) is 0 Å². The van der Waals surface area contributed by atoms with Gasteiger partial charge in [0.2, 0.25) is 4.32 Å². The number of aliphatic carboxylic acids is 1. The summed E-state index contributed by atoms with van der Waals surface area (Å²) in [5.74, 6) is -1.78. The quantitative estimate of drug-likeness (QED) is 0.483. The Bertz CT molecular complexity index is 264. The molecule has 0 radical (unpaired) electrons. The minimum absolute atomic E-state index is 0.226. The third-order valence-corrected chi connectivity index (χ3v) is 5.41. The van der Waals surface area contributed by atoms with E-state index in [2.05, 4.69) is 36.6 Å². The largest absolute Gasteiger partial charge is 0.480 e. The van der Waals surface area contributed by atoms with Gasteiger partial charge in [0.15, 0.2) is 0 Å². The van der Waals surface area contributed by atoms with Gasteiger partial charge in [0, 0.05) is 0 Å². The highest BCUT2D eigenvalue weighted by atomic mass is 79.9. The van der Waals surface area contributed by atoms with Crippen molar-refractivity contribution in [2.24, 2.45) is 5.92 Å². The number of alkyl halides is 2. The van der Waals surface area contributed by atoms with Crippen molar-refractivity contribution in [1.29, 1.82) is 0 Å². The van der Waals surface area contributed by atoms with Crippen LogP contribution in [-0.2, 0) is 14.3 Å². The Labute approximate surface area is 98.3 Å². The van der Waals surface area contributed by atoms with Gasteiger partial charge in [-0.3, -0.25) is 4.79 Å². The maximum atomic E-state index is 11.4. The molecule has 0 aliphatic heterocycles. The zero-order valence-corrected chi connectivity index (χ0v) is 10.7. The fourth-order valence-corrected chi connectivity index (χ4v) is 2.63. The Morgan fingerprint density at radius 3 is 2.36 bits per heavy atom. The molecule has 0 heterocycles. The van der Waals surface area contributed by atoms with Crippen LogP contribution in [0, 0.1) is 5.92 Å². The van der Waals surface area contributed by atoms with Crippen molar-refractivity contribution >= 4 is 43.8 Å². The first-order chi connectivity index (χ1) is 6.44. The molecule has 14 heavy (non-hydrogen) atoms. The SMILES string of the molecule is COC(=O)C(Br)(C(=O)O)C(Br)C1CC1. The minimum atomic E-state index is -1.66. The van der Waals surface area contributed by atoms with Gasteiger partial charge in [-0.1, -0.05) is 31.9 Å². The maximum absolute atomic E-state index is 11.4. The molecule has 1 aliphatic carbocycles. The summed E-state index contributed by atoms with van der Waals surface area (Å²) in [6.07, 6.45) is 1.88. The third kappa shape index (κ3) is 1.95. The van der Waals surface area contributed by atoms with Crippen LogP contribution in [0.1, 0.15) is 12.8 Å². The molecule has 2 atom stereocenters. The van der Waals surface area contributed by atoms with Crippen LogP contribution in [0.2, 0.25) is 0 Å². The van der Waals surface area contributed by atoms with E-state index >= 15 is 0 Å². The van der Waals surface area contributed by atoms with Crippen LogP contribution in [0.15, 0.2) is 0 Å². The number of carbonyl (C=O) groups is 2. The topological polar surface area (TPSA) is 63.6 Å². The molecule has 0 spiro atoms. The molecular weight excluding hydrogens is 320 g/mol. The normalized spacial score (nSPS) is 22.2. The number of carbonyl (C=O) groups excluding carboxylic acids is 1. The number of carboxylic acids is 1. The zero-order valence-electron chi connectivity index (χ0n) is 7.50. The lowest BCUT2D eigenvalue weighted by atomic mass is 10.0. The molecule has 0 aromatic rings. The van der Waals surface area contributed by atoms with E-state index in [1.165, 1.54) is 7.11 Å². The van der Waals surface area contributed by atoms with Crippen LogP contribution in [-0.4, -0.2) is 33.3 Å². The van der Waals surface area contributed by atoms with E-state index in [4.69, 9.17) is 5.11 Å². The van der Waals surface area contributed by atoms with Gasteiger partial charge in [0.1, 0.15) is 0 Å². The van der Waals surface area contributed by atoms with Gasteiger partial charge in [0.05, 0.1) is 11.9 Å². The smallest absolute Gasteiger partial charge is 0.335 e. The molecule has 0 amide bonds. The Kier molecular flexibility index (Phi) is 3.58. The predicted molar refractivity (Wildman–Crippen MR) is 56.7 cm³/mol. The van der Waals surface area contributed by atoms with E-state index in [9.17, 15) is 9.59 Å². The molecule has 0 bridgehead atoms. The standard InChI is InChI=1S/C8H10Br2O4/c1-14-7(13)8(10,6(11)12)5(9)4-2-3-4/h4-5H,2-3H2,1H3,(H,11,12). The molecule has 6 heteroatoms. The molecule has 4 nitrogen and oxygen atoms in total. The molecule has 2 unspecified atom stereocenters. The number of methoxy groups -OCH3 is 1. The molecule has 1 N–H and O–H groups in total. The lowest BCUT2D eigenvalue weighted by molar-refractivity contribution is -0.153. The summed E-state index contributed by atoms with van der Waals surface area (Å²) in [6, 6.07) is 0. The zero-order chi connectivity index (χ0) is 10.9. The van der Waals surface area contributed by atoms with Crippen LogP contribution in [0.25, 0.3) is 0 Å². The Balaban J connectivity index is 2.90. The highest BCUT2D eigenvalue weighted by molar-refractivity contribution is 9.13. The summed E-state index contributed by atoms with van der Waals surface area (Å²) in [4.78, 5) is 22.0. The molecule has 1 aliphatic rings. The summed E-state index contributed by atoms with van der Waals surface area (Å²) in [5.41, 5.74) is 0. The van der Waals surface area contributed by atoms with Gasteiger partial charge >= 0.3 is 11.9 Å². The molecule has 80 valence electrons. The van der Waals surface area contributed by atoms with Gasteiger partial charge in [-0.05, 0) is 18.8 Å². The van der Waals surface area contributed by atoms with Crippen molar-refractivity contribution in [2.45, 2.75) is 22.0 Å². The van der Waals surface area contributed by atoms with Crippen LogP contribution < -0.4 is 0 Å². The van der Waals surface area contributed by atoms with Crippen LogP contribution >= 0.6 is 31.9 Å². The van der Waals surface area contributed by atoms with Crippen molar-refractivity contribution in [3.63, 3.8) is 0 Å². The van der Waals surface area contributed by atoms with Crippen LogP contribution in [0.4, 0.5) is 0 Å². The molecule has 0 saturated heterocycles. The van der Waals surface area contributed by atoms with Crippen LogP contribution in [0.5, 0.6) is 0 Å². The Morgan fingerprint density at radius 2 is 2.07 bits per heavy atom. The lowest BCUT2D eigenvalue weighted by Crippen LogP contribution is -2.49. The summed E-state index contributed by atoms with van der Waals surface area (Å²) in [7, 11) is 1.17. The first-order valence-electron chi connectivity index (χ1n) is 4.09. The molecule has 0 aromatic heterocycles. The minimum Gasteiger partial charge on any atom is -0.480 e. The average Bonchev–Trinajstić information content (AvgIpc) is 2.96. The summed E-state index contributed by atoms with van der Waals surface area (Å²) >= 11 is 6.20. The maximum Gasteiger partial charge on any atom is 0.335 e. The highest BCUT2D eigenvalue weighted by Crippen LogP contribution is 2.45. The van der Waals surface area contributed by atoms with Gasteiger partial charge < -0.3 is 9.84 Å². The van der Waals surface area contributed by atoms with E-state index in [1.807, 2.05) is 0 Å². The third-order valence-electron chi connectivity index (χ3n) is 2.21. The molecule has 1 saturated carbocycles. The molecule has 1 fully saturated rings. The van der Waals surface area contributed by atoms with Gasteiger partial charge in [0.25, 0.3) is 0 Å². The summed E-state index contributed by atoms with van der Waals surface area (Å²) < 4.78 is 2.82. The number of esters is 1. The van der Waals surface area contributed by atoms with Crippen LogP contribution in [0.3, 0.4) is 0 Å². The lowest BCUT2D eigenvalue weighted by Gasteiger charge is -2.25. The Morgan fingerprint density at radius 1 is 1.57 bits per heavy atom. The summed E-state index contributed by atoms with van der Waals surface area (Å²) in [6.45, 7) is 0. The monoisotopic (exact) mass is 328 g/mol. The molecular formula is C8H10Br2O4. The Hall–Kier alpha value is -0.100. The second-order valence-corrected chi connectivity index (χ2v) is 5.49. The second kappa shape index (κ2) is 4.18. The molecule has 1 rings (SSSR count). The number of ether oxygens (including phenoxy) is 1. The fourth-order valence-electron chi connectivity index (χ4n) is 1.18. The fraction of sp³-hybridized carbons (Fsp3) is 0.750. The van der Waals surface area contributed by atoms with Gasteiger partial charge in [-0.25, -0.2) is 4.79 Å². The second-order valence-electron chi connectivity index (χ2n) is 3.25. The van der Waals surface area contributed by atoms with Crippen molar-refractivity contribution in [2.75, 3.05) is 7.11 Å². The van der Waals surface area contributed by atoms with E-state index in [1.54, 1.807) is 0 Å². The number of hydrogen-bond donors (Lipinski definition) is 1. The van der Waals surface area contributed by atoms with Crippen molar-refractivity contribution in [3.8, 4) is 0 Å². The number of hydrogen-bond acceptors (Lipinski definition) is 3. The van der Waals surface area contributed by atoms with E-state index in [-0.39, 0.29) is 5.92 Å². The van der Waals surface area contributed by atoms with E-state index < -0.39 is 21.1 Å². The van der Waals surface area contributed by atoms with Gasteiger partial charge in [-0.15, -0.1) is 0 Å². The van der Waals surface area contributed by atoms with E-state index in [0.717, 1.165) is 12.8 Å². The van der Waals surface area contributed by atoms with Crippen molar-refractivity contribution < 1.29 is 19.4 Å². The average molecular weight is 330 g/mol. The van der Waals surface area contributed by atoms with Crippen molar-refractivity contribution in [1.82, 2.24) is 0 Å². The molecule has 0 aromatic carbocycles. The highest BCUT2D eigenvalue weighted by Gasteiger charge is 2.55. The van der Waals surface area contributed by atoms with E-state index in [0.29, 0.717) is 0 Å². The first-order valence-corrected chi connectivity index (χ1v) is 5.80. The number of halogens is 2. The first kappa shape index (κ1) is 12.0. The van der Waals surface area contributed by atoms with Crippen molar-refractivity contribution in [3.05, 3.63) is 0 Å². The number of rotatable bonds is 4. The summed E-state index contributed by atoms with van der Waals surface area (Å²) in [5, 5.41) is 9.00. The number of carboxylic acid groups (broad SMARTS) is 1.